The van der Waals surface area contributed by atoms with Gasteiger partial charge in [-0.15, -0.1) is 0 Å². The lowest BCUT2D eigenvalue weighted by molar-refractivity contribution is 0.176. The molecule has 34 heavy (non-hydrogen) atoms. The number of aromatic nitrogens is 2. The van der Waals surface area contributed by atoms with Gasteiger partial charge in [-0.2, -0.15) is 0 Å². The Balaban J connectivity index is 1.92. The summed E-state index contributed by atoms with van der Waals surface area (Å²) in [7, 11) is 1.94. The number of hydrogen-bond donors (Lipinski definition) is 4. The molecule has 1 aliphatic rings. The second-order valence-electron chi connectivity index (χ2n) is 7.95. The Morgan fingerprint density at radius 3 is 2.76 bits per heavy atom. The number of methoxy groups -OCH3 is 1. The Morgan fingerprint density at radius 1 is 1.35 bits per heavy atom. The van der Waals surface area contributed by atoms with Crippen molar-refractivity contribution in [2.75, 3.05) is 52.3 Å². The number of aromatic amines is 1. The van der Waals surface area contributed by atoms with Crippen LogP contribution in [0, 0.1) is 5.41 Å². The van der Waals surface area contributed by atoms with Gasteiger partial charge >= 0.3 is 0 Å². The van der Waals surface area contributed by atoms with Crippen molar-refractivity contribution in [1.29, 1.82) is 5.41 Å². The maximum atomic E-state index is 13.2. The van der Waals surface area contributed by atoms with E-state index in [4.69, 9.17) is 14.9 Å². The van der Waals surface area contributed by atoms with Crippen molar-refractivity contribution < 1.29 is 13.7 Å². The van der Waals surface area contributed by atoms with Crippen molar-refractivity contribution in [3.63, 3.8) is 0 Å². The van der Waals surface area contributed by atoms with Crippen LogP contribution in [-0.2, 0) is 15.7 Å². The molecular weight excluding hydrogens is 456 g/mol. The first-order valence-electron chi connectivity index (χ1n) is 11.5. The topological polar surface area (TPSA) is 132 Å². The molecule has 11 heteroatoms. The standard InChI is InChI=1S/C23H34N6O4S/c1-5-7-18(24)20-21(25-3)23(30)28-22(27-20)17-12-16(8-9-19(17)33-6-2)34(31)29-13-15(14-29)26-10-11-32-4/h8-9,12,15,24-26H,5-7,10-11,13-14H2,1-4H3,(H,27,28,30). The Labute approximate surface area is 202 Å². The maximum Gasteiger partial charge on any atom is 0.275 e. The first-order chi connectivity index (χ1) is 16.4. The van der Waals surface area contributed by atoms with Gasteiger partial charge in [-0.3, -0.25) is 4.79 Å². The third-order valence-electron chi connectivity index (χ3n) is 5.48. The normalized spacial score (nSPS) is 15.1. The van der Waals surface area contributed by atoms with E-state index < -0.39 is 11.0 Å². The maximum absolute atomic E-state index is 13.2. The van der Waals surface area contributed by atoms with Crippen molar-refractivity contribution in [3.8, 4) is 17.1 Å². The predicted molar refractivity (Wildman–Crippen MR) is 134 cm³/mol. The number of nitrogens with one attached hydrogen (secondary N) is 4. The minimum atomic E-state index is -1.36. The van der Waals surface area contributed by atoms with Gasteiger partial charge in [0.15, 0.2) is 0 Å². The molecule has 0 spiro atoms. The van der Waals surface area contributed by atoms with Gasteiger partial charge in [0.25, 0.3) is 5.56 Å². The summed E-state index contributed by atoms with van der Waals surface area (Å²) in [5.74, 6) is 0.809. The van der Waals surface area contributed by atoms with Crippen LogP contribution in [0.3, 0.4) is 0 Å². The Hall–Kier alpha value is -2.60. The van der Waals surface area contributed by atoms with Crippen LogP contribution in [0.2, 0.25) is 0 Å². The van der Waals surface area contributed by atoms with Crippen LogP contribution < -0.4 is 20.9 Å². The number of anilines is 1. The summed E-state index contributed by atoms with van der Waals surface area (Å²) in [6.07, 6.45) is 1.27. The highest BCUT2D eigenvalue weighted by atomic mass is 32.2. The fraction of sp³-hybridized carbons (Fsp3) is 0.522. The van der Waals surface area contributed by atoms with E-state index in [1.807, 2.05) is 18.2 Å². The molecule has 1 aliphatic heterocycles. The highest BCUT2D eigenvalue weighted by molar-refractivity contribution is 7.82. The van der Waals surface area contributed by atoms with Crippen LogP contribution in [-0.4, -0.2) is 77.2 Å². The molecule has 2 heterocycles. The van der Waals surface area contributed by atoms with Crippen molar-refractivity contribution >= 4 is 22.4 Å². The first kappa shape index (κ1) is 26.0. The van der Waals surface area contributed by atoms with Crippen molar-refractivity contribution in [3.05, 3.63) is 34.2 Å². The van der Waals surface area contributed by atoms with Crippen LogP contribution in [0.25, 0.3) is 11.4 Å². The smallest absolute Gasteiger partial charge is 0.275 e. The van der Waals surface area contributed by atoms with Gasteiger partial charge in [-0.1, -0.05) is 13.3 Å². The summed E-state index contributed by atoms with van der Waals surface area (Å²) in [4.78, 5) is 20.8. The van der Waals surface area contributed by atoms with Crippen LogP contribution in [0.15, 0.2) is 27.9 Å². The van der Waals surface area contributed by atoms with E-state index in [-0.39, 0.29) is 28.8 Å². The van der Waals surface area contributed by atoms with E-state index >= 15 is 0 Å². The summed E-state index contributed by atoms with van der Waals surface area (Å²) in [6.45, 7) is 7.00. The van der Waals surface area contributed by atoms with Gasteiger partial charge < -0.3 is 30.5 Å². The molecule has 3 rings (SSSR count). The molecule has 0 amide bonds. The van der Waals surface area contributed by atoms with Crippen molar-refractivity contribution in [1.82, 2.24) is 19.6 Å². The monoisotopic (exact) mass is 490 g/mol. The average molecular weight is 491 g/mol. The molecule has 1 atom stereocenters. The minimum absolute atomic E-state index is 0.257. The number of H-pyrrole nitrogens is 1. The van der Waals surface area contributed by atoms with Gasteiger partial charge in [0.05, 0.1) is 29.4 Å². The molecule has 1 fully saturated rings. The molecule has 0 bridgehead atoms. The molecular formula is C23H34N6O4S. The van der Waals surface area contributed by atoms with Crippen molar-refractivity contribution in [2.24, 2.45) is 0 Å². The Morgan fingerprint density at radius 2 is 2.12 bits per heavy atom. The van der Waals surface area contributed by atoms with Gasteiger partial charge in [0.1, 0.15) is 33.9 Å². The Kier molecular flexibility index (Phi) is 9.34. The molecule has 2 aromatic rings. The molecule has 1 saturated heterocycles. The summed E-state index contributed by atoms with van der Waals surface area (Å²) in [6, 6.07) is 5.55. The van der Waals surface area contributed by atoms with E-state index in [2.05, 4.69) is 20.6 Å². The second kappa shape index (κ2) is 12.2. The molecule has 0 aliphatic carbocycles. The largest absolute Gasteiger partial charge is 0.493 e. The number of benzene rings is 1. The quantitative estimate of drug-likeness (QED) is 0.249. The molecule has 1 aromatic heterocycles. The van der Waals surface area contributed by atoms with Crippen LogP contribution >= 0.6 is 0 Å². The fourth-order valence-electron chi connectivity index (χ4n) is 3.72. The molecule has 0 saturated carbocycles. The van der Waals surface area contributed by atoms with E-state index in [0.717, 1.165) is 13.0 Å². The lowest BCUT2D eigenvalue weighted by Gasteiger charge is -2.38. The highest BCUT2D eigenvalue weighted by Crippen LogP contribution is 2.31. The van der Waals surface area contributed by atoms with Gasteiger partial charge in [0.2, 0.25) is 0 Å². The SMILES string of the molecule is CCCC(=N)c1nc(-c2cc(S(=O)N3CC(NCCOC)C3)ccc2OCC)[nH]c(=O)c1NC. The second-order valence-corrected chi connectivity index (χ2v) is 9.43. The molecule has 1 aromatic carbocycles. The number of hydrogen-bond acceptors (Lipinski definition) is 8. The lowest BCUT2D eigenvalue weighted by atomic mass is 10.1. The zero-order valence-electron chi connectivity index (χ0n) is 20.2. The highest BCUT2D eigenvalue weighted by Gasteiger charge is 2.31. The summed E-state index contributed by atoms with van der Waals surface area (Å²) >= 11 is 0. The van der Waals surface area contributed by atoms with E-state index in [1.54, 1.807) is 32.4 Å². The van der Waals surface area contributed by atoms with E-state index in [0.29, 0.717) is 54.6 Å². The Bertz CT molecular complexity index is 1080. The fourth-order valence-corrected chi connectivity index (χ4v) is 5.05. The molecule has 4 N–H and O–H groups in total. The number of ether oxygens (including phenoxy) is 2. The number of rotatable bonds is 13. The van der Waals surface area contributed by atoms with E-state index in [9.17, 15) is 9.00 Å². The molecule has 186 valence electrons. The minimum Gasteiger partial charge on any atom is -0.493 e. The molecule has 1 unspecified atom stereocenters. The van der Waals surface area contributed by atoms with Crippen LogP contribution in [0.5, 0.6) is 5.75 Å². The lowest BCUT2D eigenvalue weighted by Crippen LogP contribution is -2.58. The average Bonchev–Trinajstić information content (AvgIpc) is 2.80. The predicted octanol–water partition coefficient (Wildman–Crippen LogP) is 1.99. The van der Waals surface area contributed by atoms with Gasteiger partial charge in [-0.05, 0) is 31.5 Å². The first-order valence-corrected chi connectivity index (χ1v) is 12.6. The zero-order chi connectivity index (χ0) is 24.7. The van der Waals surface area contributed by atoms with E-state index in [1.165, 1.54) is 0 Å². The molecule has 0 radical (unpaired) electrons. The summed E-state index contributed by atoms with van der Waals surface area (Å²) < 4.78 is 25.9. The van der Waals surface area contributed by atoms with Crippen molar-refractivity contribution in [2.45, 2.75) is 37.6 Å². The van der Waals surface area contributed by atoms with Crippen LogP contribution in [0.1, 0.15) is 32.4 Å². The zero-order valence-corrected chi connectivity index (χ0v) is 21.0. The third kappa shape index (κ3) is 5.90. The third-order valence-corrected chi connectivity index (χ3v) is 6.91. The summed E-state index contributed by atoms with van der Waals surface area (Å²) in [5.41, 5.74) is 1.01. The number of nitrogens with zero attached hydrogens (tertiary/aromatic N) is 2. The summed E-state index contributed by atoms with van der Waals surface area (Å²) in [5, 5.41) is 14.6. The van der Waals surface area contributed by atoms with Gasteiger partial charge in [-0.25, -0.2) is 13.5 Å². The van der Waals surface area contributed by atoms with Crippen LogP contribution in [0.4, 0.5) is 5.69 Å². The van der Waals surface area contributed by atoms with Gasteiger partial charge in [0, 0.05) is 39.8 Å². The molecule has 10 nitrogen and oxygen atoms in total.